The molecule has 1 aliphatic rings. The van der Waals surface area contributed by atoms with E-state index in [9.17, 15) is 24.6 Å². The van der Waals surface area contributed by atoms with Gasteiger partial charge in [0.05, 0.1) is 13.1 Å². The molecule has 1 unspecified atom stereocenters. The maximum atomic E-state index is 11.7. The number of carbonyl (C=O) groups is 3. The van der Waals surface area contributed by atoms with Crippen molar-refractivity contribution in [3.05, 3.63) is 35.4 Å². The summed E-state index contributed by atoms with van der Waals surface area (Å²) in [6, 6.07) is 8.59. The predicted octanol–water partition coefficient (Wildman–Crippen LogP) is 1.51. The van der Waals surface area contributed by atoms with E-state index in [2.05, 4.69) is 43.4 Å². The molecular formula is C27H42N4O6S. The molecule has 1 heterocycles. The molecule has 0 radical (unpaired) electrons. The summed E-state index contributed by atoms with van der Waals surface area (Å²) in [5, 5.41) is 22.3. The van der Waals surface area contributed by atoms with Crippen LogP contribution in [0.2, 0.25) is 0 Å². The van der Waals surface area contributed by atoms with Crippen LogP contribution < -0.4 is 5.32 Å². The van der Waals surface area contributed by atoms with Gasteiger partial charge in [0.1, 0.15) is 6.73 Å². The summed E-state index contributed by atoms with van der Waals surface area (Å²) in [5.41, 5.74) is 2.22. The number of nitrogens with one attached hydrogen (secondary N) is 1. The van der Waals surface area contributed by atoms with Crippen molar-refractivity contribution in [1.82, 2.24) is 20.0 Å². The van der Waals surface area contributed by atoms with Gasteiger partial charge in [0, 0.05) is 51.2 Å². The van der Waals surface area contributed by atoms with Gasteiger partial charge in [-0.25, -0.2) is 0 Å². The first-order chi connectivity index (χ1) is 18.2. The van der Waals surface area contributed by atoms with Gasteiger partial charge in [-0.05, 0) is 41.8 Å². The third-order valence-corrected chi connectivity index (χ3v) is 6.87. The van der Waals surface area contributed by atoms with Gasteiger partial charge in [0.2, 0.25) is 0 Å². The number of aliphatic carboxylic acids is 2. The Bertz CT molecular complexity index is 898. The monoisotopic (exact) mass is 550 g/mol. The van der Waals surface area contributed by atoms with Crippen LogP contribution in [-0.4, -0.2) is 119 Å². The minimum absolute atomic E-state index is 0.0604. The van der Waals surface area contributed by atoms with Crippen LogP contribution in [0.3, 0.4) is 0 Å². The summed E-state index contributed by atoms with van der Waals surface area (Å²) in [5.74, 6) is -1.88. The van der Waals surface area contributed by atoms with Crippen molar-refractivity contribution in [3.8, 4) is 0 Å². The Hall–Kier alpha value is -2.44. The summed E-state index contributed by atoms with van der Waals surface area (Å²) >= 11 is 5.59. The third kappa shape index (κ3) is 12.9. The summed E-state index contributed by atoms with van der Waals surface area (Å²) in [6.45, 7) is 7.68. The number of benzene rings is 1. The second kappa shape index (κ2) is 17.2. The molecule has 1 aliphatic heterocycles. The number of carboxylic acids is 2. The molecule has 10 nitrogen and oxygen atoms in total. The number of hydrogen-bond acceptors (Lipinski definition) is 9. The van der Waals surface area contributed by atoms with E-state index >= 15 is 0 Å². The lowest BCUT2D eigenvalue weighted by Crippen LogP contribution is -2.48. The highest BCUT2D eigenvalue weighted by molar-refractivity contribution is 7.80. The summed E-state index contributed by atoms with van der Waals surface area (Å²) in [6.07, 6.45) is 3.28. The standard InChI is InChI=1S/C27H42N4O6S/c1-21(2)28-9-3-4-25(38)15-23-7-5-22(6-8-23)14-24-16-30(19-37-20-32)11-10-29(17-26(33)34)12-13-31(24)18-27(35)36/h5-8,20-21,24,28H,3-4,9-19H2,1-2H3,(H,33,34)(H,35,36). The Morgan fingerprint density at radius 3 is 2.32 bits per heavy atom. The summed E-state index contributed by atoms with van der Waals surface area (Å²) in [4.78, 5) is 40.4. The van der Waals surface area contributed by atoms with Gasteiger partial charge in [0.25, 0.3) is 6.47 Å². The fourth-order valence-corrected chi connectivity index (χ4v) is 4.90. The molecule has 0 bridgehead atoms. The highest BCUT2D eigenvalue weighted by atomic mass is 32.1. The Morgan fingerprint density at radius 2 is 1.68 bits per heavy atom. The molecule has 0 aromatic heterocycles. The van der Waals surface area contributed by atoms with Gasteiger partial charge in [-0.15, -0.1) is 0 Å². The molecule has 3 N–H and O–H groups in total. The van der Waals surface area contributed by atoms with Crippen molar-refractivity contribution in [2.75, 3.05) is 59.1 Å². The maximum Gasteiger partial charge on any atom is 0.317 e. The predicted molar refractivity (Wildman–Crippen MR) is 149 cm³/mol. The van der Waals surface area contributed by atoms with Gasteiger partial charge in [-0.1, -0.05) is 50.3 Å². The zero-order chi connectivity index (χ0) is 27.9. The van der Waals surface area contributed by atoms with E-state index in [1.54, 1.807) is 4.90 Å². The van der Waals surface area contributed by atoms with E-state index < -0.39 is 11.9 Å². The Labute approximate surface area is 230 Å². The van der Waals surface area contributed by atoms with Crippen LogP contribution in [0.25, 0.3) is 0 Å². The third-order valence-electron chi connectivity index (χ3n) is 6.52. The van der Waals surface area contributed by atoms with Crippen LogP contribution in [0.15, 0.2) is 24.3 Å². The average Bonchev–Trinajstić information content (AvgIpc) is 2.92. The molecule has 0 spiro atoms. The highest BCUT2D eigenvalue weighted by Gasteiger charge is 2.27. The first-order valence-corrected chi connectivity index (χ1v) is 13.6. The van der Waals surface area contributed by atoms with E-state index in [1.165, 1.54) is 0 Å². The van der Waals surface area contributed by atoms with Gasteiger partial charge in [0.15, 0.2) is 0 Å². The number of carbonyl (C=O) groups excluding carboxylic acids is 1. The van der Waals surface area contributed by atoms with Gasteiger partial charge in [-0.2, -0.15) is 0 Å². The number of rotatable bonds is 16. The van der Waals surface area contributed by atoms with E-state index in [0.29, 0.717) is 51.7 Å². The molecule has 38 heavy (non-hydrogen) atoms. The Kier molecular flexibility index (Phi) is 14.4. The molecule has 1 aromatic carbocycles. The van der Waals surface area contributed by atoms with Crippen LogP contribution in [-0.2, 0) is 32.0 Å². The van der Waals surface area contributed by atoms with Crippen molar-refractivity contribution in [1.29, 1.82) is 0 Å². The number of hydrogen-bond donors (Lipinski definition) is 3. The molecule has 1 saturated heterocycles. The van der Waals surface area contributed by atoms with Crippen LogP contribution in [0.4, 0.5) is 0 Å². The zero-order valence-corrected chi connectivity index (χ0v) is 23.3. The number of ether oxygens (including phenoxy) is 1. The topological polar surface area (TPSA) is 123 Å². The lowest BCUT2D eigenvalue weighted by atomic mass is 10.00. The van der Waals surface area contributed by atoms with E-state index in [0.717, 1.165) is 41.8 Å². The minimum Gasteiger partial charge on any atom is -0.480 e. The van der Waals surface area contributed by atoms with Crippen molar-refractivity contribution < 1.29 is 29.3 Å². The zero-order valence-electron chi connectivity index (χ0n) is 22.5. The fourth-order valence-electron chi connectivity index (χ4n) is 4.59. The normalized spacial score (nSPS) is 17.9. The first-order valence-electron chi connectivity index (χ1n) is 13.2. The quantitative estimate of drug-likeness (QED) is 0.158. The molecule has 2 rings (SSSR count). The lowest BCUT2D eigenvalue weighted by Gasteiger charge is -2.33. The van der Waals surface area contributed by atoms with E-state index in [-0.39, 0.29) is 25.9 Å². The number of carboxylic acid groups (broad SMARTS) is 2. The van der Waals surface area contributed by atoms with E-state index in [1.807, 2.05) is 9.80 Å². The van der Waals surface area contributed by atoms with Crippen LogP contribution in [0.1, 0.15) is 37.8 Å². The first kappa shape index (κ1) is 31.8. The Morgan fingerprint density at radius 1 is 1.05 bits per heavy atom. The van der Waals surface area contributed by atoms with E-state index in [4.69, 9.17) is 17.0 Å². The molecular weight excluding hydrogens is 508 g/mol. The fraction of sp³-hybridized carbons (Fsp3) is 0.630. The molecule has 1 fully saturated rings. The van der Waals surface area contributed by atoms with Gasteiger partial charge >= 0.3 is 11.9 Å². The molecule has 11 heteroatoms. The van der Waals surface area contributed by atoms with Crippen LogP contribution >= 0.6 is 12.2 Å². The lowest BCUT2D eigenvalue weighted by molar-refractivity contribution is -0.140. The minimum atomic E-state index is -0.942. The summed E-state index contributed by atoms with van der Waals surface area (Å²) in [7, 11) is 0. The number of nitrogens with zero attached hydrogens (tertiary/aromatic N) is 3. The molecule has 0 amide bonds. The van der Waals surface area contributed by atoms with Gasteiger partial charge in [-0.3, -0.25) is 29.1 Å². The molecule has 1 atom stereocenters. The van der Waals surface area contributed by atoms with Crippen LogP contribution in [0.5, 0.6) is 0 Å². The molecule has 0 saturated carbocycles. The SMILES string of the molecule is CC(C)NCCCC(=S)Cc1ccc(CC2CN(COC=O)CCN(CC(=O)O)CCN2CC(=O)O)cc1. The number of thiocarbonyl (C=S) groups is 1. The average molecular weight is 551 g/mol. The van der Waals surface area contributed by atoms with Gasteiger partial charge < -0.3 is 20.3 Å². The molecule has 212 valence electrons. The second-order valence-electron chi connectivity index (χ2n) is 10.1. The summed E-state index contributed by atoms with van der Waals surface area (Å²) < 4.78 is 5.00. The Balaban J connectivity index is 2.09. The molecule has 1 aromatic rings. The van der Waals surface area contributed by atoms with Crippen molar-refractivity contribution in [3.63, 3.8) is 0 Å². The van der Waals surface area contributed by atoms with Crippen molar-refractivity contribution >= 4 is 35.5 Å². The largest absolute Gasteiger partial charge is 0.480 e. The maximum absolute atomic E-state index is 11.7. The highest BCUT2D eigenvalue weighted by Crippen LogP contribution is 2.15. The van der Waals surface area contributed by atoms with Crippen molar-refractivity contribution in [2.24, 2.45) is 0 Å². The molecule has 0 aliphatic carbocycles. The van der Waals surface area contributed by atoms with Crippen molar-refractivity contribution in [2.45, 2.75) is 51.6 Å². The van der Waals surface area contributed by atoms with Crippen LogP contribution in [0, 0.1) is 0 Å². The second-order valence-corrected chi connectivity index (χ2v) is 10.7. The smallest absolute Gasteiger partial charge is 0.317 e.